The van der Waals surface area contributed by atoms with Crippen LogP contribution in [0.2, 0.25) is 0 Å². The third-order valence-corrected chi connectivity index (χ3v) is 5.65. The summed E-state index contributed by atoms with van der Waals surface area (Å²) in [5.74, 6) is -1.20. The van der Waals surface area contributed by atoms with Crippen molar-refractivity contribution < 1.29 is 23.9 Å². The molecule has 0 bridgehead atoms. The highest BCUT2D eigenvalue weighted by Gasteiger charge is 2.27. The Balaban J connectivity index is 2.76. The molecule has 190 valence electrons. The molecular formula is C24H39N5O5. The van der Waals surface area contributed by atoms with Crippen molar-refractivity contribution in [3.8, 4) is 0 Å². The molecular weight excluding hydrogens is 438 g/mol. The topological polar surface area (TPSA) is 166 Å². The van der Waals surface area contributed by atoms with Gasteiger partial charge in [-0.25, -0.2) is 4.79 Å². The van der Waals surface area contributed by atoms with E-state index >= 15 is 0 Å². The van der Waals surface area contributed by atoms with Crippen LogP contribution in [0.25, 0.3) is 0 Å². The number of nitrogens with two attached hydrogens (primary N) is 2. The number of carbonyl (C=O) groups excluding carboxylic acids is 4. The van der Waals surface area contributed by atoms with E-state index < -0.39 is 35.3 Å². The van der Waals surface area contributed by atoms with E-state index in [1.807, 2.05) is 34.6 Å². The van der Waals surface area contributed by atoms with Gasteiger partial charge < -0.3 is 32.2 Å². The number of primary amides is 1. The Kier molecular flexibility index (Phi) is 11.5. The van der Waals surface area contributed by atoms with Gasteiger partial charge in [-0.15, -0.1) is 0 Å². The first-order chi connectivity index (χ1) is 15.9. The monoisotopic (exact) mass is 477 g/mol. The van der Waals surface area contributed by atoms with Gasteiger partial charge in [0, 0.05) is 12.2 Å². The zero-order valence-corrected chi connectivity index (χ0v) is 20.8. The Morgan fingerprint density at radius 2 is 1.68 bits per heavy atom. The van der Waals surface area contributed by atoms with Gasteiger partial charge in [0.1, 0.15) is 12.6 Å². The largest absolute Gasteiger partial charge is 0.460 e. The van der Waals surface area contributed by atoms with Crippen molar-refractivity contribution in [2.75, 3.05) is 11.9 Å². The molecule has 34 heavy (non-hydrogen) atoms. The Bertz CT molecular complexity index is 839. The van der Waals surface area contributed by atoms with E-state index in [0.717, 1.165) is 5.56 Å². The molecule has 1 aromatic rings. The van der Waals surface area contributed by atoms with Gasteiger partial charge in [-0.3, -0.25) is 14.4 Å². The maximum Gasteiger partial charge on any atom is 0.312 e. The summed E-state index contributed by atoms with van der Waals surface area (Å²) in [5.41, 5.74) is 11.7. The highest BCUT2D eigenvalue weighted by atomic mass is 16.5. The number of benzene rings is 1. The predicted molar refractivity (Wildman–Crippen MR) is 131 cm³/mol. The normalized spacial score (nSPS) is 13.0. The van der Waals surface area contributed by atoms with Crippen LogP contribution in [0.15, 0.2) is 24.3 Å². The van der Waals surface area contributed by atoms with Gasteiger partial charge in [0.15, 0.2) is 0 Å². The fourth-order valence-electron chi connectivity index (χ4n) is 2.76. The molecule has 0 saturated carbocycles. The standard InChI is InChI=1S/C24H39N5O5/c1-6-24(4,5)22(32)34-14-16-9-11-17(12-10-16)28-20(30)18(8-7-13-27-23(26)33)29-21(31)19(25)15(2)3/h9-12,15,18-19H,6-8,13-14,25H2,1-5H3,(H,28,30)(H,29,31)(H3,26,27,33)/t18-,19?/m0/s1. The van der Waals surface area contributed by atoms with Gasteiger partial charge in [-0.2, -0.15) is 0 Å². The summed E-state index contributed by atoms with van der Waals surface area (Å²) in [6.07, 6.45) is 1.38. The van der Waals surface area contributed by atoms with E-state index in [2.05, 4.69) is 16.0 Å². The molecule has 0 fully saturated rings. The minimum atomic E-state index is -0.844. The van der Waals surface area contributed by atoms with Crippen molar-refractivity contribution in [1.29, 1.82) is 0 Å². The van der Waals surface area contributed by atoms with Crippen molar-refractivity contribution in [2.45, 2.75) is 72.6 Å². The van der Waals surface area contributed by atoms with Crippen LogP contribution < -0.4 is 27.4 Å². The minimum Gasteiger partial charge on any atom is -0.460 e. The molecule has 0 radical (unpaired) electrons. The number of hydrogen-bond donors (Lipinski definition) is 5. The number of anilines is 1. The van der Waals surface area contributed by atoms with E-state index in [4.69, 9.17) is 16.2 Å². The van der Waals surface area contributed by atoms with Gasteiger partial charge in [-0.05, 0) is 56.7 Å². The molecule has 0 aliphatic heterocycles. The van der Waals surface area contributed by atoms with Crippen LogP contribution in [0.4, 0.5) is 10.5 Å². The zero-order chi connectivity index (χ0) is 25.9. The second-order valence-electron chi connectivity index (χ2n) is 9.26. The lowest BCUT2D eigenvalue weighted by molar-refractivity contribution is -0.155. The first-order valence-corrected chi connectivity index (χ1v) is 11.5. The highest BCUT2D eigenvalue weighted by Crippen LogP contribution is 2.22. The van der Waals surface area contributed by atoms with Gasteiger partial charge in [-0.1, -0.05) is 32.9 Å². The summed E-state index contributed by atoms with van der Waals surface area (Å²) in [7, 11) is 0. The van der Waals surface area contributed by atoms with Crippen molar-refractivity contribution in [2.24, 2.45) is 22.8 Å². The van der Waals surface area contributed by atoms with Crippen LogP contribution in [0.1, 0.15) is 59.4 Å². The van der Waals surface area contributed by atoms with Gasteiger partial charge in [0.25, 0.3) is 0 Å². The average Bonchev–Trinajstić information content (AvgIpc) is 2.79. The summed E-state index contributed by atoms with van der Waals surface area (Å²) < 4.78 is 5.38. The molecule has 2 atom stereocenters. The molecule has 0 aromatic heterocycles. The summed E-state index contributed by atoms with van der Waals surface area (Å²) in [6.45, 7) is 9.64. The van der Waals surface area contributed by atoms with Crippen molar-refractivity contribution in [3.05, 3.63) is 29.8 Å². The van der Waals surface area contributed by atoms with Gasteiger partial charge >= 0.3 is 12.0 Å². The highest BCUT2D eigenvalue weighted by molar-refractivity contribution is 5.97. The van der Waals surface area contributed by atoms with Crippen molar-refractivity contribution in [3.63, 3.8) is 0 Å². The first kappa shape index (κ1) is 28.9. The molecule has 0 aliphatic rings. The summed E-state index contributed by atoms with van der Waals surface area (Å²) >= 11 is 0. The fourth-order valence-corrected chi connectivity index (χ4v) is 2.76. The molecule has 10 heteroatoms. The minimum absolute atomic E-state index is 0.0928. The quantitative estimate of drug-likeness (QED) is 0.215. The Morgan fingerprint density at radius 3 is 2.21 bits per heavy atom. The van der Waals surface area contributed by atoms with E-state index in [1.54, 1.807) is 24.3 Å². The van der Waals surface area contributed by atoms with Crippen LogP contribution in [0, 0.1) is 11.3 Å². The number of rotatable bonds is 13. The molecule has 0 saturated heterocycles. The van der Waals surface area contributed by atoms with Crippen LogP contribution >= 0.6 is 0 Å². The second kappa shape index (κ2) is 13.5. The third kappa shape index (κ3) is 9.78. The third-order valence-electron chi connectivity index (χ3n) is 5.65. The molecule has 4 amide bonds. The molecule has 7 N–H and O–H groups in total. The number of amides is 4. The van der Waals surface area contributed by atoms with Crippen LogP contribution in [-0.4, -0.2) is 42.4 Å². The molecule has 0 heterocycles. The number of hydrogen-bond acceptors (Lipinski definition) is 6. The second-order valence-corrected chi connectivity index (χ2v) is 9.26. The SMILES string of the molecule is CCC(C)(C)C(=O)OCc1ccc(NC(=O)[C@H](CCCNC(N)=O)NC(=O)C(N)C(C)C)cc1. The maximum absolute atomic E-state index is 12.9. The molecule has 10 nitrogen and oxygen atoms in total. The molecule has 0 spiro atoms. The zero-order valence-electron chi connectivity index (χ0n) is 20.8. The smallest absolute Gasteiger partial charge is 0.312 e. The van der Waals surface area contributed by atoms with Crippen LogP contribution in [-0.2, 0) is 25.7 Å². The van der Waals surface area contributed by atoms with Crippen LogP contribution in [0.5, 0.6) is 0 Å². The lowest BCUT2D eigenvalue weighted by Gasteiger charge is -2.22. The summed E-state index contributed by atoms with van der Waals surface area (Å²) in [5, 5.41) is 7.93. The Morgan fingerprint density at radius 1 is 1.06 bits per heavy atom. The summed E-state index contributed by atoms with van der Waals surface area (Å²) in [4.78, 5) is 48.3. The van der Waals surface area contributed by atoms with Crippen LogP contribution in [0.3, 0.4) is 0 Å². The van der Waals surface area contributed by atoms with Crippen molar-refractivity contribution >= 4 is 29.5 Å². The Labute approximate surface area is 201 Å². The molecule has 0 aliphatic carbocycles. The van der Waals surface area contributed by atoms with Gasteiger partial charge in [0.05, 0.1) is 11.5 Å². The molecule has 1 aromatic carbocycles. The number of esters is 1. The van der Waals surface area contributed by atoms with E-state index in [-0.39, 0.29) is 31.5 Å². The van der Waals surface area contributed by atoms with Gasteiger partial charge in [0.2, 0.25) is 11.8 Å². The molecule has 1 unspecified atom stereocenters. The van der Waals surface area contributed by atoms with E-state index in [0.29, 0.717) is 18.5 Å². The number of nitrogens with one attached hydrogen (secondary N) is 3. The van der Waals surface area contributed by atoms with E-state index in [1.165, 1.54) is 0 Å². The number of ether oxygens (including phenoxy) is 1. The van der Waals surface area contributed by atoms with Crippen molar-refractivity contribution in [1.82, 2.24) is 10.6 Å². The average molecular weight is 478 g/mol. The number of urea groups is 1. The molecule has 1 rings (SSSR count). The maximum atomic E-state index is 12.9. The predicted octanol–water partition coefficient (Wildman–Crippen LogP) is 2.02. The lowest BCUT2D eigenvalue weighted by atomic mass is 9.91. The lowest BCUT2D eigenvalue weighted by Crippen LogP contribution is -2.51. The fraction of sp³-hybridized carbons (Fsp3) is 0.583. The Hall–Kier alpha value is -3.14. The summed E-state index contributed by atoms with van der Waals surface area (Å²) in [6, 6.07) is 4.64. The first-order valence-electron chi connectivity index (χ1n) is 11.5. The number of carbonyl (C=O) groups is 4. The van der Waals surface area contributed by atoms with E-state index in [9.17, 15) is 19.2 Å².